The van der Waals surface area contributed by atoms with E-state index in [1.54, 1.807) is 0 Å². The molecule has 0 aromatic carbocycles. The molecule has 0 heteroatoms. The van der Waals surface area contributed by atoms with Crippen LogP contribution in [-0.2, 0) is 0 Å². The molecule has 1 rings (SSSR count). The lowest BCUT2D eigenvalue weighted by molar-refractivity contribution is 0.0225. The van der Waals surface area contributed by atoms with Crippen LogP contribution in [0.3, 0.4) is 0 Å². The molecule has 0 heterocycles. The third kappa shape index (κ3) is 9.48. The lowest BCUT2D eigenvalue weighted by Crippen LogP contribution is -2.39. The molecule has 1 aliphatic rings. The summed E-state index contributed by atoms with van der Waals surface area (Å²) in [5.74, 6) is 5.77. The van der Waals surface area contributed by atoms with E-state index in [1.807, 2.05) is 0 Å². The molecule has 0 saturated heterocycles. The van der Waals surface area contributed by atoms with E-state index in [1.165, 1.54) is 83.5 Å². The molecule has 0 radical (unpaired) electrons. The van der Waals surface area contributed by atoms with Gasteiger partial charge in [-0.1, -0.05) is 112 Å². The molecule has 0 aromatic rings. The van der Waals surface area contributed by atoms with E-state index >= 15 is 0 Å². The third-order valence-corrected chi connectivity index (χ3v) is 7.19. The smallest absolute Gasteiger partial charge is 0.0352 e. The molecule has 4 atom stereocenters. The number of hydrogen-bond donors (Lipinski definition) is 0. The Kier molecular flexibility index (Phi) is 12.2. The van der Waals surface area contributed by atoms with Gasteiger partial charge < -0.3 is 0 Å². The average Bonchev–Trinajstić information content (AvgIpc) is 2.56. The Morgan fingerprint density at radius 1 is 0.640 bits per heavy atom. The van der Waals surface area contributed by atoms with Crippen molar-refractivity contribution in [3.8, 4) is 0 Å². The summed E-state index contributed by atoms with van der Waals surface area (Å²) in [6.07, 6.45) is 19.2. The second-order valence-corrected chi connectivity index (χ2v) is 10.2. The van der Waals surface area contributed by atoms with Crippen LogP contribution in [0.5, 0.6) is 0 Å². The van der Waals surface area contributed by atoms with Crippen molar-refractivity contribution < 1.29 is 0 Å². The lowest BCUT2D eigenvalue weighted by atomic mass is 9.58. The van der Waals surface area contributed by atoms with Crippen molar-refractivity contribution in [2.75, 3.05) is 0 Å². The molecule has 1 aliphatic carbocycles. The molecule has 25 heavy (non-hydrogen) atoms. The molecule has 0 N–H and O–H groups in total. The van der Waals surface area contributed by atoms with Gasteiger partial charge in [0.15, 0.2) is 0 Å². The predicted molar refractivity (Wildman–Crippen MR) is 115 cm³/mol. The molecular weight excluding hydrogens is 300 g/mol. The second kappa shape index (κ2) is 13.2. The van der Waals surface area contributed by atoms with Crippen molar-refractivity contribution in [2.45, 2.75) is 125 Å². The maximum atomic E-state index is 2.50. The van der Waals surface area contributed by atoms with Gasteiger partial charge in [-0.05, 0) is 48.3 Å². The minimum atomic E-state index is 0.885. The van der Waals surface area contributed by atoms with Gasteiger partial charge >= 0.3 is 0 Å². The minimum Gasteiger partial charge on any atom is -0.0628 e. The van der Waals surface area contributed by atoms with Crippen LogP contribution >= 0.6 is 0 Å². The minimum absolute atomic E-state index is 0.885. The number of unbranched alkanes of at least 4 members (excludes halogenated alkanes) is 9. The molecule has 0 bridgehead atoms. The van der Waals surface area contributed by atoms with Gasteiger partial charge in [0, 0.05) is 0 Å². The van der Waals surface area contributed by atoms with Crippen LogP contribution in [0.15, 0.2) is 0 Å². The van der Waals surface area contributed by atoms with Crippen molar-refractivity contribution in [2.24, 2.45) is 35.5 Å². The average molecular weight is 351 g/mol. The van der Waals surface area contributed by atoms with Gasteiger partial charge in [0.1, 0.15) is 0 Å². The van der Waals surface area contributed by atoms with Gasteiger partial charge in [-0.3, -0.25) is 0 Å². The lowest BCUT2D eigenvalue weighted by Gasteiger charge is -2.47. The summed E-state index contributed by atoms with van der Waals surface area (Å²) in [7, 11) is 0. The van der Waals surface area contributed by atoms with E-state index in [0.717, 1.165) is 35.5 Å². The van der Waals surface area contributed by atoms with Gasteiger partial charge in [0.2, 0.25) is 0 Å². The quantitative estimate of drug-likeness (QED) is 0.259. The Morgan fingerprint density at radius 3 is 1.44 bits per heavy atom. The predicted octanol–water partition coefficient (Wildman–Crippen LogP) is 8.89. The summed E-state index contributed by atoms with van der Waals surface area (Å²) in [5, 5.41) is 0. The van der Waals surface area contributed by atoms with E-state index in [2.05, 4.69) is 41.5 Å². The Labute approximate surface area is 160 Å². The summed E-state index contributed by atoms with van der Waals surface area (Å²) in [5.41, 5.74) is 0. The van der Waals surface area contributed by atoms with Crippen LogP contribution in [0.2, 0.25) is 0 Å². The van der Waals surface area contributed by atoms with Crippen LogP contribution < -0.4 is 0 Å². The van der Waals surface area contributed by atoms with Crippen molar-refractivity contribution >= 4 is 0 Å². The SMILES string of the molecule is CC(C)CCCCCCCCCCCCC(C(C)C)C1CC(C)C1C. The zero-order valence-corrected chi connectivity index (χ0v) is 18.7. The van der Waals surface area contributed by atoms with E-state index in [4.69, 9.17) is 0 Å². The molecular formula is C25H50. The maximum Gasteiger partial charge on any atom is -0.0352 e. The van der Waals surface area contributed by atoms with E-state index < -0.39 is 0 Å². The van der Waals surface area contributed by atoms with Crippen molar-refractivity contribution in [1.29, 1.82) is 0 Å². The molecule has 0 aromatic heterocycles. The molecule has 150 valence electrons. The summed E-state index contributed by atoms with van der Waals surface area (Å²) in [4.78, 5) is 0. The third-order valence-electron chi connectivity index (χ3n) is 7.19. The Balaban J connectivity index is 1.92. The maximum absolute atomic E-state index is 2.50. The fourth-order valence-corrected chi connectivity index (χ4v) is 5.04. The molecule has 0 spiro atoms. The molecule has 4 unspecified atom stereocenters. The Morgan fingerprint density at radius 2 is 1.08 bits per heavy atom. The fourth-order valence-electron chi connectivity index (χ4n) is 5.04. The Bertz CT molecular complexity index is 303. The first-order chi connectivity index (χ1) is 11.9. The highest BCUT2D eigenvalue weighted by Gasteiger charge is 2.39. The summed E-state index contributed by atoms with van der Waals surface area (Å²) in [6, 6.07) is 0. The summed E-state index contributed by atoms with van der Waals surface area (Å²) in [6.45, 7) is 14.6. The monoisotopic (exact) mass is 350 g/mol. The van der Waals surface area contributed by atoms with Crippen LogP contribution in [0, 0.1) is 35.5 Å². The van der Waals surface area contributed by atoms with Crippen LogP contribution in [0.25, 0.3) is 0 Å². The fraction of sp³-hybridized carbons (Fsp3) is 1.00. The van der Waals surface area contributed by atoms with Gasteiger partial charge in [0.05, 0.1) is 0 Å². The molecule has 1 fully saturated rings. The first-order valence-electron chi connectivity index (χ1n) is 11.9. The number of hydrogen-bond acceptors (Lipinski definition) is 0. The van der Waals surface area contributed by atoms with Gasteiger partial charge in [0.25, 0.3) is 0 Å². The van der Waals surface area contributed by atoms with E-state index in [0.29, 0.717) is 0 Å². The normalized spacial score (nSPS) is 24.7. The van der Waals surface area contributed by atoms with Crippen molar-refractivity contribution in [3.05, 3.63) is 0 Å². The molecule has 0 amide bonds. The molecule has 0 aliphatic heterocycles. The van der Waals surface area contributed by atoms with Crippen LogP contribution in [0.4, 0.5) is 0 Å². The topological polar surface area (TPSA) is 0 Å². The highest BCUT2D eigenvalue weighted by atomic mass is 14.4. The highest BCUT2D eigenvalue weighted by molar-refractivity contribution is 4.89. The first-order valence-corrected chi connectivity index (χ1v) is 11.9. The molecule has 0 nitrogen and oxygen atoms in total. The Hall–Kier alpha value is 0. The number of rotatable bonds is 15. The van der Waals surface area contributed by atoms with Gasteiger partial charge in [-0.25, -0.2) is 0 Å². The van der Waals surface area contributed by atoms with Crippen molar-refractivity contribution in [1.82, 2.24) is 0 Å². The standard InChI is InChI=1S/C25H50/c1-20(2)17-15-13-11-9-7-8-10-12-14-16-18-24(21(3)4)25-19-22(5)23(25)6/h20-25H,7-19H2,1-6H3. The zero-order valence-electron chi connectivity index (χ0n) is 18.7. The largest absolute Gasteiger partial charge is 0.0628 e. The van der Waals surface area contributed by atoms with Crippen LogP contribution in [-0.4, -0.2) is 0 Å². The zero-order chi connectivity index (χ0) is 18.7. The second-order valence-electron chi connectivity index (χ2n) is 10.2. The summed E-state index contributed by atoms with van der Waals surface area (Å²) >= 11 is 0. The molecule has 1 saturated carbocycles. The van der Waals surface area contributed by atoms with Crippen LogP contribution in [0.1, 0.15) is 125 Å². The van der Waals surface area contributed by atoms with Crippen molar-refractivity contribution in [3.63, 3.8) is 0 Å². The van der Waals surface area contributed by atoms with Gasteiger partial charge in [-0.2, -0.15) is 0 Å². The summed E-state index contributed by atoms with van der Waals surface area (Å²) < 4.78 is 0. The van der Waals surface area contributed by atoms with E-state index in [9.17, 15) is 0 Å². The van der Waals surface area contributed by atoms with Gasteiger partial charge in [-0.15, -0.1) is 0 Å². The highest BCUT2D eigenvalue weighted by Crippen LogP contribution is 2.47. The van der Waals surface area contributed by atoms with E-state index in [-0.39, 0.29) is 0 Å². The first kappa shape index (κ1) is 23.0.